The maximum atomic E-state index is 15.1. The number of carbonyl (C=O) groups excluding carboxylic acids is 4. The molecule has 15 nitrogen and oxygen atoms in total. The topological polar surface area (TPSA) is 180 Å². The molecule has 1 amide bonds. The lowest BCUT2D eigenvalue weighted by Crippen LogP contribution is -2.65. The number of ether oxygens (including phenoxy) is 6. The number of para-hydroxylation sites is 2. The van der Waals surface area contributed by atoms with Gasteiger partial charge in [0.05, 0.1) is 6.42 Å². The zero-order chi connectivity index (χ0) is 52.5. The minimum atomic E-state index is -4.97. The first-order valence-electron chi connectivity index (χ1n) is 23.9. The lowest BCUT2D eigenvalue weighted by atomic mass is 9.97. The molecular weight excluding hydrogens is 1090 g/mol. The third-order valence-corrected chi connectivity index (χ3v) is 14.4. The summed E-state index contributed by atoms with van der Waals surface area (Å²) in [6, 6.07) is 14.0. The van der Waals surface area contributed by atoms with Gasteiger partial charge < -0.3 is 42.8 Å². The first-order chi connectivity index (χ1) is 33.5. The minimum absolute atomic E-state index is 0.0223. The highest BCUT2D eigenvalue weighted by Gasteiger charge is 2.54. The van der Waals surface area contributed by atoms with Crippen LogP contribution < -0.4 is 14.4 Å². The molecule has 0 spiro atoms. The summed E-state index contributed by atoms with van der Waals surface area (Å²) in [4.78, 5) is 54.1. The van der Waals surface area contributed by atoms with Crippen molar-refractivity contribution in [3.05, 3.63) is 60.7 Å². The molecular formula is C48H67Cl7NO14P. The maximum absolute atomic E-state index is 15.1. The average molecular weight is 1160 g/mol. The summed E-state index contributed by atoms with van der Waals surface area (Å²) in [6.07, 6.45) is 5.08. The Labute approximate surface area is 453 Å². The predicted octanol–water partition coefficient (Wildman–Crippen LogP) is 14.9. The Morgan fingerprint density at radius 3 is 1.75 bits per heavy atom. The molecule has 1 fully saturated rings. The standard InChI is InChI=1S/C48H67Cl7NO14P/c1-5-7-9-11-12-13-14-16-19-29-36(64-38(57)30-24-15-10-8-6-2)31-39(58)66-42-40(56-44(59)63-33-47(50,51)52)43(49)65-37(32-62-45(60)67-46(3,4)48(53,54)55)41(42)70-71(61,68-34-25-20-17-21-26-34)69-35-27-22-18-23-28-35/h17-18,20-23,25-28,36-37,40-43H,5-16,19,24,29-33H2,1-4H3,(H,56,59)/t36-,37-,40+,41-,42-,43+/m1/s1. The van der Waals surface area contributed by atoms with Crippen molar-refractivity contribution >= 4 is 113 Å². The van der Waals surface area contributed by atoms with Crippen LogP contribution in [0.15, 0.2) is 60.7 Å². The molecule has 2 aromatic carbocycles. The number of esters is 2. The highest BCUT2D eigenvalue weighted by Crippen LogP contribution is 2.53. The van der Waals surface area contributed by atoms with E-state index in [1.165, 1.54) is 51.0 Å². The van der Waals surface area contributed by atoms with Gasteiger partial charge in [0.1, 0.15) is 49.1 Å². The van der Waals surface area contributed by atoms with Crippen molar-refractivity contribution in [2.45, 2.75) is 186 Å². The lowest BCUT2D eigenvalue weighted by Gasteiger charge is -2.44. The predicted molar refractivity (Wildman–Crippen MR) is 276 cm³/mol. The number of benzene rings is 2. The molecule has 0 bridgehead atoms. The molecule has 71 heavy (non-hydrogen) atoms. The molecule has 23 heteroatoms. The molecule has 0 saturated carbocycles. The second kappa shape index (κ2) is 32.2. The van der Waals surface area contributed by atoms with E-state index >= 15 is 4.57 Å². The smallest absolute Gasteiger partial charge is 0.462 e. The van der Waals surface area contributed by atoms with Gasteiger partial charge >= 0.3 is 32.0 Å². The zero-order valence-corrected chi connectivity index (χ0v) is 46.7. The first-order valence-corrected chi connectivity index (χ1v) is 28.1. The van der Waals surface area contributed by atoms with Crippen LogP contribution in [0.2, 0.25) is 0 Å². The molecule has 0 radical (unpaired) electrons. The molecule has 3 rings (SSSR count). The monoisotopic (exact) mass is 1160 g/mol. The SMILES string of the molecule is CCCCCCCCCCC[C@H](CC(=O)O[C@@H]1[C@H](NC(=O)OCC(Cl)(Cl)Cl)[C@@H](Cl)O[C@H](COC(=O)OC(C)(C)C(Cl)(Cl)Cl)[C@H]1OP(=O)(Oc1ccccc1)Oc1ccccc1)OC(=O)CCCCCCC. The molecule has 0 aromatic heterocycles. The van der Waals surface area contributed by atoms with Crippen LogP contribution in [0.25, 0.3) is 0 Å². The maximum Gasteiger partial charge on any atom is 0.588 e. The van der Waals surface area contributed by atoms with Gasteiger partial charge in [-0.15, -0.1) is 0 Å². The zero-order valence-electron chi connectivity index (χ0n) is 40.5. The third kappa shape index (κ3) is 25.2. The lowest BCUT2D eigenvalue weighted by molar-refractivity contribution is -0.196. The van der Waals surface area contributed by atoms with Crippen molar-refractivity contribution in [1.82, 2.24) is 5.32 Å². The summed E-state index contributed by atoms with van der Waals surface area (Å²) in [5.74, 6) is -1.39. The van der Waals surface area contributed by atoms with E-state index in [2.05, 4.69) is 19.2 Å². The molecule has 402 valence electrons. The summed E-state index contributed by atoms with van der Waals surface area (Å²) < 4.78 is 63.0. The van der Waals surface area contributed by atoms with E-state index in [0.717, 1.165) is 64.2 Å². The number of alkyl carbamates (subject to hydrolysis) is 1. The van der Waals surface area contributed by atoms with Crippen LogP contribution in [-0.4, -0.2) is 86.6 Å². The third-order valence-electron chi connectivity index (χ3n) is 10.9. The van der Waals surface area contributed by atoms with Gasteiger partial charge in [-0.25, -0.2) is 14.2 Å². The molecule has 0 unspecified atom stereocenters. The molecule has 1 aliphatic rings. The summed E-state index contributed by atoms with van der Waals surface area (Å²) in [5.41, 5.74) is -3.37. The number of nitrogens with one attached hydrogen (secondary N) is 1. The van der Waals surface area contributed by atoms with Gasteiger partial charge in [-0.1, -0.05) is 209 Å². The van der Waals surface area contributed by atoms with Gasteiger partial charge in [0.2, 0.25) is 7.59 Å². The normalized spacial score (nSPS) is 18.9. The van der Waals surface area contributed by atoms with E-state index in [9.17, 15) is 19.2 Å². The fraction of sp³-hybridized carbons (Fsp3) is 0.667. The summed E-state index contributed by atoms with van der Waals surface area (Å²) in [7, 11) is -4.97. The van der Waals surface area contributed by atoms with Crippen LogP contribution in [0.4, 0.5) is 9.59 Å². The average Bonchev–Trinajstić information content (AvgIpc) is 3.29. The Hall–Kier alpha value is -2.30. The summed E-state index contributed by atoms with van der Waals surface area (Å²) in [5, 5.41) is 2.45. The first kappa shape index (κ1) is 63.0. The molecule has 1 N–H and O–H groups in total. The minimum Gasteiger partial charge on any atom is -0.462 e. The summed E-state index contributed by atoms with van der Waals surface area (Å²) >= 11 is 42.5. The quantitative estimate of drug-likeness (QED) is 0.0248. The number of amides is 1. The van der Waals surface area contributed by atoms with Crippen molar-refractivity contribution < 1.29 is 65.7 Å². The Morgan fingerprint density at radius 2 is 1.23 bits per heavy atom. The number of hydrogen-bond donors (Lipinski definition) is 1. The Bertz CT molecular complexity index is 1880. The molecule has 1 heterocycles. The van der Waals surface area contributed by atoms with Gasteiger partial charge in [-0.05, 0) is 57.4 Å². The number of hydrogen-bond acceptors (Lipinski definition) is 14. The van der Waals surface area contributed by atoms with Crippen LogP contribution >= 0.6 is 89.0 Å². The van der Waals surface area contributed by atoms with Crippen molar-refractivity contribution in [2.75, 3.05) is 13.2 Å². The fourth-order valence-electron chi connectivity index (χ4n) is 7.04. The van der Waals surface area contributed by atoms with E-state index in [1.54, 1.807) is 36.4 Å². The van der Waals surface area contributed by atoms with Crippen molar-refractivity contribution in [3.8, 4) is 11.5 Å². The van der Waals surface area contributed by atoms with Crippen LogP contribution in [-0.2, 0) is 47.1 Å². The molecule has 1 saturated heterocycles. The number of alkyl halides is 7. The van der Waals surface area contributed by atoms with E-state index in [4.69, 9.17) is 123 Å². The largest absolute Gasteiger partial charge is 0.588 e. The van der Waals surface area contributed by atoms with E-state index in [-0.39, 0.29) is 17.9 Å². The van der Waals surface area contributed by atoms with Crippen molar-refractivity contribution in [1.29, 1.82) is 0 Å². The Balaban J connectivity index is 2.07. The fourth-order valence-corrected chi connectivity index (χ4v) is 9.09. The van der Waals surface area contributed by atoms with E-state index < -0.39 is 101 Å². The van der Waals surface area contributed by atoms with Crippen LogP contribution in [0.1, 0.15) is 137 Å². The molecule has 6 atom stereocenters. The van der Waals surface area contributed by atoms with Crippen molar-refractivity contribution in [2.24, 2.45) is 0 Å². The van der Waals surface area contributed by atoms with Gasteiger partial charge in [0.25, 0.3) is 0 Å². The van der Waals surface area contributed by atoms with Gasteiger partial charge in [0.15, 0.2) is 17.3 Å². The molecule has 0 aliphatic carbocycles. The second-order valence-electron chi connectivity index (χ2n) is 17.4. The van der Waals surface area contributed by atoms with Gasteiger partial charge in [-0.2, -0.15) is 0 Å². The molecule has 2 aromatic rings. The van der Waals surface area contributed by atoms with Gasteiger partial charge in [-0.3, -0.25) is 14.1 Å². The highest BCUT2D eigenvalue weighted by atomic mass is 35.6. The number of unbranched alkanes of at least 4 members (excludes halogenated alkanes) is 12. The van der Waals surface area contributed by atoms with Crippen LogP contribution in [0, 0.1) is 0 Å². The van der Waals surface area contributed by atoms with Crippen LogP contribution in [0.3, 0.4) is 0 Å². The number of carbonyl (C=O) groups is 4. The second-order valence-corrected chi connectivity index (χ2v) is 24.1. The van der Waals surface area contributed by atoms with Gasteiger partial charge in [0, 0.05) is 6.42 Å². The number of phosphoric acid groups is 1. The van der Waals surface area contributed by atoms with Crippen molar-refractivity contribution in [3.63, 3.8) is 0 Å². The van der Waals surface area contributed by atoms with E-state index in [0.29, 0.717) is 19.3 Å². The summed E-state index contributed by atoms with van der Waals surface area (Å²) in [6.45, 7) is 5.37. The number of phosphoric ester groups is 1. The number of rotatable bonds is 31. The Morgan fingerprint density at radius 1 is 0.704 bits per heavy atom. The van der Waals surface area contributed by atoms with E-state index in [1.807, 2.05) is 0 Å². The number of halogens is 7. The Kier molecular flexibility index (Phi) is 28.6. The van der Waals surface area contributed by atoms with Crippen LogP contribution in [0.5, 0.6) is 11.5 Å². The highest BCUT2D eigenvalue weighted by molar-refractivity contribution is 7.49. The molecule has 1 aliphatic heterocycles.